The zero-order valence-corrected chi connectivity index (χ0v) is 26.5. The summed E-state index contributed by atoms with van der Waals surface area (Å²) >= 11 is 0. The van der Waals surface area contributed by atoms with Crippen LogP contribution in [0, 0.1) is 6.85 Å². The Morgan fingerprint density at radius 3 is 1.59 bits per heavy atom. The molecule has 11 rings (SSSR count). The number of para-hydroxylation sites is 2. The molecular formula is C47H30N2. The van der Waals surface area contributed by atoms with Gasteiger partial charge in [0, 0.05) is 36.7 Å². The van der Waals surface area contributed by atoms with Crippen molar-refractivity contribution in [2.24, 2.45) is 0 Å². The molecule has 0 aliphatic heterocycles. The Hall–Kier alpha value is -6.38. The van der Waals surface area contributed by atoms with Crippen molar-refractivity contribution < 1.29 is 4.11 Å². The van der Waals surface area contributed by atoms with E-state index in [1.165, 1.54) is 60.5 Å². The fraction of sp³-hybridized carbons (Fsp3) is 0.0213. The average molecular weight is 626 g/mol. The van der Waals surface area contributed by atoms with Gasteiger partial charge in [-0.1, -0.05) is 115 Å². The van der Waals surface area contributed by atoms with Gasteiger partial charge in [0.2, 0.25) is 0 Å². The van der Waals surface area contributed by atoms with Gasteiger partial charge in [-0.05, 0) is 100 Å². The number of hydrogen-bond acceptors (Lipinski definition) is 0. The molecule has 0 bridgehead atoms. The van der Waals surface area contributed by atoms with Gasteiger partial charge in [0.25, 0.3) is 0 Å². The maximum absolute atomic E-state index is 7.82. The quantitative estimate of drug-likeness (QED) is 0.185. The second-order valence-corrected chi connectivity index (χ2v) is 13.1. The van der Waals surface area contributed by atoms with Crippen molar-refractivity contribution in [2.75, 3.05) is 0 Å². The number of aryl methyl sites for hydroxylation is 1. The van der Waals surface area contributed by atoms with Crippen LogP contribution in [0.25, 0.3) is 99.1 Å². The summed E-state index contributed by atoms with van der Waals surface area (Å²) < 4.78 is 28.1. The Bertz CT molecular complexity index is 3080. The van der Waals surface area contributed by atoms with E-state index in [9.17, 15) is 0 Å². The van der Waals surface area contributed by atoms with E-state index in [4.69, 9.17) is 4.11 Å². The highest BCUT2D eigenvalue weighted by Crippen LogP contribution is 2.49. The monoisotopic (exact) mass is 625 g/mol. The van der Waals surface area contributed by atoms with E-state index >= 15 is 0 Å². The molecule has 8 aromatic carbocycles. The average Bonchev–Trinajstić information content (AvgIpc) is 3.81. The molecule has 0 radical (unpaired) electrons. The summed E-state index contributed by atoms with van der Waals surface area (Å²) in [4.78, 5) is 0. The molecular weight excluding hydrogens is 593 g/mol. The molecule has 2 aromatic heterocycles. The van der Waals surface area contributed by atoms with Gasteiger partial charge in [0.05, 0.1) is 27.8 Å². The topological polar surface area (TPSA) is 9.86 Å². The van der Waals surface area contributed by atoms with Crippen molar-refractivity contribution in [1.82, 2.24) is 9.13 Å². The second-order valence-electron chi connectivity index (χ2n) is 13.1. The maximum atomic E-state index is 7.82. The van der Waals surface area contributed by atoms with Crippen LogP contribution >= 0.6 is 0 Å². The molecule has 49 heavy (non-hydrogen) atoms. The summed E-state index contributed by atoms with van der Waals surface area (Å²) in [6.07, 6.45) is 0. The summed E-state index contributed by atoms with van der Waals surface area (Å²) in [6.45, 7) is -2.14. The number of fused-ring (bicyclic) bond motifs is 9. The summed E-state index contributed by atoms with van der Waals surface area (Å²) in [5, 5.41) is 7.34. The van der Waals surface area contributed by atoms with Gasteiger partial charge < -0.3 is 9.13 Å². The van der Waals surface area contributed by atoms with E-state index in [0.29, 0.717) is 5.56 Å². The van der Waals surface area contributed by atoms with Crippen LogP contribution in [0.3, 0.4) is 0 Å². The fourth-order valence-electron chi connectivity index (χ4n) is 8.44. The second kappa shape index (κ2) is 9.82. The van der Waals surface area contributed by atoms with Crippen LogP contribution in [-0.4, -0.2) is 9.13 Å². The van der Waals surface area contributed by atoms with E-state index in [1.54, 1.807) is 12.1 Å². The first-order valence-electron chi connectivity index (χ1n) is 18.3. The predicted octanol–water partition coefficient (Wildman–Crippen LogP) is 12.7. The summed E-state index contributed by atoms with van der Waals surface area (Å²) in [5.41, 5.74) is 14.5. The lowest BCUT2D eigenvalue weighted by atomic mass is 10.0. The number of benzene rings is 8. The standard InChI is InChI=1S/C47H30N2/c1-29-17-21-32(22-18-29)48-42-15-6-4-11-35(42)40-27-30(19-24-45(40)48)31-20-25-46-41(28-31)36-12-5-7-16-43(36)49(46)44-26-23-38-34-10-3-2-9-33(34)37-13-8-14-39(44)47(37)38/h2-28H,1H3/i1D3. The van der Waals surface area contributed by atoms with Crippen molar-refractivity contribution in [2.45, 2.75) is 6.85 Å². The molecule has 0 atom stereocenters. The summed E-state index contributed by atoms with van der Waals surface area (Å²) in [7, 11) is 0. The first-order valence-corrected chi connectivity index (χ1v) is 16.8. The van der Waals surface area contributed by atoms with Crippen molar-refractivity contribution in [1.29, 1.82) is 0 Å². The molecule has 2 heterocycles. The molecule has 0 unspecified atom stereocenters. The van der Waals surface area contributed by atoms with Crippen LogP contribution in [0.2, 0.25) is 0 Å². The van der Waals surface area contributed by atoms with Gasteiger partial charge in [-0.3, -0.25) is 0 Å². The van der Waals surface area contributed by atoms with Crippen molar-refractivity contribution in [3.63, 3.8) is 0 Å². The lowest BCUT2D eigenvalue weighted by molar-refractivity contribution is 1.17. The van der Waals surface area contributed by atoms with Crippen LogP contribution in [-0.2, 0) is 0 Å². The van der Waals surface area contributed by atoms with Gasteiger partial charge in [-0.15, -0.1) is 0 Å². The third-order valence-electron chi connectivity index (χ3n) is 10.6. The lowest BCUT2D eigenvalue weighted by Crippen LogP contribution is -1.95. The van der Waals surface area contributed by atoms with Crippen LogP contribution in [0.4, 0.5) is 0 Å². The molecule has 0 saturated carbocycles. The normalized spacial score (nSPS) is 13.3. The number of rotatable bonds is 3. The zero-order valence-electron chi connectivity index (χ0n) is 29.5. The van der Waals surface area contributed by atoms with Gasteiger partial charge >= 0.3 is 0 Å². The molecule has 2 heteroatoms. The molecule has 0 fully saturated rings. The van der Waals surface area contributed by atoms with Crippen molar-refractivity contribution in [3.05, 3.63) is 169 Å². The number of nitrogens with zero attached hydrogens (tertiary/aromatic N) is 2. The van der Waals surface area contributed by atoms with Crippen LogP contribution in [0.5, 0.6) is 0 Å². The molecule has 0 N–H and O–H groups in total. The Labute approximate surface area is 287 Å². The summed E-state index contributed by atoms with van der Waals surface area (Å²) in [6, 6.07) is 58.0. The largest absolute Gasteiger partial charge is 0.309 e. The molecule has 0 amide bonds. The predicted molar refractivity (Wildman–Crippen MR) is 207 cm³/mol. The summed E-state index contributed by atoms with van der Waals surface area (Å²) in [5.74, 6) is 0. The molecule has 0 spiro atoms. The maximum Gasteiger partial charge on any atom is 0.0541 e. The van der Waals surface area contributed by atoms with Gasteiger partial charge in [-0.2, -0.15) is 0 Å². The molecule has 10 aromatic rings. The smallest absolute Gasteiger partial charge is 0.0541 e. The Morgan fingerprint density at radius 2 is 0.918 bits per heavy atom. The first kappa shape index (κ1) is 23.9. The fourth-order valence-corrected chi connectivity index (χ4v) is 8.44. The van der Waals surface area contributed by atoms with E-state index in [1.807, 2.05) is 12.1 Å². The molecule has 0 saturated heterocycles. The molecule has 228 valence electrons. The minimum Gasteiger partial charge on any atom is -0.309 e. The Balaban J connectivity index is 1.09. The highest BCUT2D eigenvalue weighted by Gasteiger charge is 2.24. The van der Waals surface area contributed by atoms with E-state index in [-0.39, 0.29) is 0 Å². The number of hydrogen-bond donors (Lipinski definition) is 0. The third kappa shape index (κ3) is 3.66. The molecule has 1 aliphatic carbocycles. The highest BCUT2D eigenvalue weighted by atomic mass is 15.0. The minimum atomic E-state index is -2.14. The molecule has 1 aliphatic rings. The van der Waals surface area contributed by atoms with Gasteiger partial charge in [0.1, 0.15) is 0 Å². The van der Waals surface area contributed by atoms with Gasteiger partial charge in [-0.25, -0.2) is 0 Å². The van der Waals surface area contributed by atoms with E-state index < -0.39 is 6.85 Å². The lowest BCUT2D eigenvalue weighted by Gasteiger charge is -2.13. The van der Waals surface area contributed by atoms with Gasteiger partial charge in [0.15, 0.2) is 0 Å². The van der Waals surface area contributed by atoms with E-state index in [2.05, 4.69) is 149 Å². The Morgan fingerprint density at radius 1 is 0.388 bits per heavy atom. The SMILES string of the molecule is [2H]C([2H])([2H])c1ccc(-n2c3ccccc3c3cc(-c4ccc5c(c4)c4ccccc4n5-c4ccc5c6c(cccc46)-c4ccccc4-5)ccc32)cc1. The number of aromatic nitrogens is 2. The van der Waals surface area contributed by atoms with Crippen LogP contribution in [0.1, 0.15) is 9.68 Å². The van der Waals surface area contributed by atoms with Crippen molar-refractivity contribution >= 4 is 54.4 Å². The van der Waals surface area contributed by atoms with Crippen molar-refractivity contribution in [3.8, 4) is 44.8 Å². The van der Waals surface area contributed by atoms with Crippen LogP contribution < -0.4 is 0 Å². The third-order valence-corrected chi connectivity index (χ3v) is 10.6. The first-order chi connectivity index (χ1) is 25.4. The van der Waals surface area contributed by atoms with E-state index in [0.717, 1.165) is 38.6 Å². The zero-order chi connectivity index (χ0) is 34.7. The van der Waals surface area contributed by atoms with Crippen LogP contribution in [0.15, 0.2) is 164 Å². The highest BCUT2D eigenvalue weighted by molar-refractivity contribution is 6.19. The Kier molecular flexibility index (Phi) is 4.78. The molecule has 2 nitrogen and oxygen atoms in total. The minimum absolute atomic E-state index is 0.343.